The third kappa shape index (κ3) is 5.20. The van der Waals surface area contributed by atoms with Crippen molar-refractivity contribution in [3.63, 3.8) is 0 Å². The highest BCUT2D eigenvalue weighted by Crippen LogP contribution is 2.30. The van der Waals surface area contributed by atoms with Gasteiger partial charge in [0.05, 0.1) is 31.0 Å². The van der Waals surface area contributed by atoms with Crippen LogP contribution in [0.4, 0.5) is 0 Å². The van der Waals surface area contributed by atoms with E-state index in [-0.39, 0.29) is 23.0 Å². The minimum Gasteiger partial charge on any atom is -0.493 e. The lowest BCUT2D eigenvalue weighted by Gasteiger charge is -2.17. The fourth-order valence-electron chi connectivity index (χ4n) is 2.58. The number of carboxylic acids is 1. The number of aromatic nitrogens is 1. The fraction of sp³-hybridized carbons (Fsp3) is 0.350. The van der Waals surface area contributed by atoms with E-state index in [1.807, 2.05) is 13.0 Å². The van der Waals surface area contributed by atoms with Gasteiger partial charge in [-0.25, -0.2) is 9.78 Å². The van der Waals surface area contributed by atoms with E-state index in [1.54, 1.807) is 33.3 Å². The van der Waals surface area contributed by atoms with Gasteiger partial charge in [-0.2, -0.15) is 0 Å². The van der Waals surface area contributed by atoms with Crippen molar-refractivity contribution in [1.82, 2.24) is 10.3 Å². The first-order valence-electron chi connectivity index (χ1n) is 8.68. The molecule has 0 aliphatic heterocycles. The number of ether oxygens (including phenoxy) is 3. The Labute approximate surface area is 163 Å². The molecule has 1 heterocycles. The van der Waals surface area contributed by atoms with E-state index in [9.17, 15) is 9.59 Å². The fourth-order valence-corrected chi connectivity index (χ4v) is 2.58. The van der Waals surface area contributed by atoms with Gasteiger partial charge in [-0.3, -0.25) is 4.79 Å². The largest absolute Gasteiger partial charge is 0.493 e. The number of aromatic carboxylic acids is 1. The third-order valence-electron chi connectivity index (χ3n) is 4.13. The number of carboxylic acid groups (broad SMARTS) is 1. The van der Waals surface area contributed by atoms with Gasteiger partial charge in [0.15, 0.2) is 11.5 Å². The Morgan fingerprint density at radius 3 is 2.50 bits per heavy atom. The van der Waals surface area contributed by atoms with Crippen molar-refractivity contribution in [2.24, 2.45) is 0 Å². The van der Waals surface area contributed by atoms with E-state index in [4.69, 9.17) is 19.3 Å². The van der Waals surface area contributed by atoms with E-state index in [0.29, 0.717) is 24.7 Å². The molecule has 0 aliphatic rings. The molecule has 150 valence electrons. The van der Waals surface area contributed by atoms with Crippen LogP contribution in [0, 0.1) is 6.92 Å². The minimum absolute atomic E-state index is 0.0680. The van der Waals surface area contributed by atoms with Crippen LogP contribution >= 0.6 is 0 Å². The van der Waals surface area contributed by atoms with E-state index < -0.39 is 11.9 Å². The minimum atomic E-state index is -1.08. The first-order chi connectivity index (χ1) is 13.4. The molecule has 0 fully saturated rings. The maximum Gasteiger partial charge on any atom is 0.337 e. The van der Waals surface area contributed by atoms with Gasteiger partial charge >= 0.3 is 5.97 Å². The monoisotopic (exact) mass is 388 g/mol. The second-order valence-corrected chi connectivity index (χ2v) is 6.08. The van der Waals surface area contributed by atoms with Crippen LogP contribution in [-0.2, 0) is 4.74 Å². The predicted molar refractivity (Wildman–Crippen MR) is 102 cm³/mol. The zero-order valence-electron chi connectivity index (χ0n) is 16.3. The molecule has 8 nitrogen and oxygen atoms in total. The van der Waals surface area contributed by atoms with Gasteiger partial charge in [-0.05, 0) is 43.7 Å². The second kappa shape index (κ2) is 9.70. The molecule has 2 rings (SSSR count). The normalized spacial score (nSPS) is 11.6. The highest BCUT2D eigenvalue weighted by molar-refractivity contribution is 5.94. The maximum absolute atomic E-state index is 12.5. The molecule has 2 N–H and O–H groups in total. The summed E-state index contributed by atoms with van der Waals surface area (Å²) in [5.74, 6) is -0.338. The zero-order valence-corrected chi connectivity index (χ0v) is 16.3. The Morgan fingerprint density at radius 1 is 1.14 bits per heavy atom. The third-order valence-corrected chi connectivity index (χ3v) is 4.13. The van der Waals surface area contributed by atoms with Crippen LogP contribution < -0.4 is 14.8 Å². The van der Waals surface area contributed by atoms with Gasteiger partial charge in [0.1, 0.15) is 12.3 Å². The second-order valence-electron chi connectivity index (χ2n) is 6.08. The molecule has 1 aromatic carbocycles. The summed E-state index contributed by atoms with van der Waals surface area (Å²) in [6, 6.07) is 7.85. The maximum atomic E-state index is 12.5. The quantitative estimate of drug-likeness (QED) is 0.636. The van der Waals surface area contributed by atoms with Gasteiger partial charge in [0.2, 0.25) is 0 Å². The van der Waals surface area contributed by atoms with Crippen LogP contribution in [0.3, 0.4) is 0 Å². The predicted octanol–water partition coefficient (Wildman–Crippen LogP) is 2.61. The summed E-state index contributed by atoms with van der Waals surface area (Å²) in [6.07, 6.45) is 0. The lowest BCUT2D eigenvalue weighted by molar-refractivity contribution is 0.0694. The summed E-state index contributed by atoms with van der Waals surface area (Å²) in [4.78, 5) is 27.6. The molecule has 1 unspecified atom stereocenters. The number of nitrogens with one attached hydrogen (secondary N) is 1. The highest BCUT2D eigenvalue weighted by Gasteiger charge is 2.17. The zero-order chi connectivity index (χ0) is 20.7. The standard InChI is InChI=1S/C20H24N2O6/c1-12(14-5-8-17(18(11-14)27-4)28-10-9-26-3)22-19(23)16-7-6-15(20(24)25)13(2)21-16/h5-8,11-12H,9-10H2,1-4H3,(H,22,23)(H,24,25). The van der Waals surface area contributed by atoms with Crippen LogP contribution in [0.5, 0.6) is 11.5 Å². The van der Waals surface area contributed by atoms with E-state index in [0.717, 1.165) is 5.56 Å². The molecule has 2 aromatic rings. The Balaban J connectivity index is 2.11. The number of aryl methyl sites for hydroxylation is 1. The van der Waals surface area contributed by atoms with Crippen molar-refractivity contribution in [3.05, 3.63) is 52.8 Å². The molecular formula is C20H24N2O6. The SMILES string of the molecule is COCCOc1ccc(C(C)NC(=O)c2ccc(C(=O)O)c(C)n2)cc1OC. The summed E-state index contributed by atoms with van der Waals surface area (Å²) in [5.41, 5.74) is 1.33. The van der Waals surface area contributed by atoms with Gasteiger partial charge in [-0.15, -0.1) is 0 Å². The van der Waals surface area contributed by atoms with E-state index in [2.05, 4.69) is 10.3 Å². The van der Waals surface area contributed by atoms with Gasteiger partial charge in [0, 0.05) is 7.11 Å². The lowest BCUT2D eigenvalue weighted by atomic mass is 10.1. The van der Waals surface area contributed by atoms with Crippen LogP contribution in [-0.4, -0.2) is 49.4 Å². The number of hydrogen-bond donors (Lipinski definition) is 2. The highest BCUT2D eigenvalue weighted by atomic mass is 16.5. The molecule has 1 aromatic heterocycles. The molecule has 8 heteroatoms. The number of benzene rings is 1. The Kier molecular flexibility index (Phi) is 7.34. The number of pyridine rings is 1. The number of amides is 1. The molecule has 0 bridgehead atoms. The Hall–Kier alpha value is -3.13. The van der Waals surface area contributed by atoms with Crippen molar-refractivity contribution >= 4 is 11.9 Å². The van der Waals surface area contributed by atoms with Gasteiger partial charge in [-0.1, -0.05) is 6.07 Å². The van der Waals surface area contributed by atoms with Crippen LogP contribution in [0.2, 0.25) is 0 Å². The van der Waals surface area contributed by atoms with Gasteiger partial charge in [0.25, 0.3) is 5.91 Å². The van der Waals surface area contributed by atoms with Crippen molar-refractivity contribution in [2.75, 3.05) is 27.4 Å². The molecule has 0 spiro atoms. The number of hydrogen-bond acceptors (Lipinski definition) is 6. The lowest BCUT2D eigenvalue weighted by Crippen LogP contribution is -2.27. The molecule has 1 atom stereocenters. The van der Waals surface area contributed by atoms with Crippen LogP contribution in [0.25, 0.3) is 0 Å². The molecule has 0 aliphatic carbocycles. The molecular weight excluding hydrogens is 364 g/mol. The molecule has 0 saturated heterocycles. The average molecular weight is 388 g/mol. The van der Waals surface area contributed by atoms with Crippen LogP contribution in [0.15, 0.2) is 30.3 Å². The van der Waals surface area contributed by atoms with Crippen molar-refractivity contribution in [2.45, 2.75) is 19.9 Å². The number of nitrogens with zero attached hydrogens (tertiary/aromatic N) is 1. The number of carbonyl (C=O) groups excluding carboxylic acids is 1. The Morgan fingerprint density at radius 2 is 1.89 bits per heavy atom. The van der Waals surface area contributed by atoms with Crippen molar-refractivity contribution in [3.8, 4) is 11.5 Å². The summed E-state index contributed by atoms with van der Waals surface area (Å²) in [7, 11) is 3.14. The van der Waals surface area contributed by atoms with E-state index in [1.165, 1.54) is 12.1 Å². The molecule has 0 saturated carbocycles. The van der Waals surface area contributed by atoms with Crippen molar-refractivity contribution < 1.29 is 28.9 Å². The summed E-state index contributed by atoms with van der Waals surface area (Å²) in [6.45, 7) is 4.24. The molecule has 1 amide bonds. The number of rotatable bonds is 9. The summed E-state index contributed by atoms with van der Waals surface area (Å²) < 4.78 is 15.9. The smallest absolute Gasteiger partial charge is 0.337 e. The molecule has 28 heavy (non-hydrogen) atoms. The number of methoxy groups -OCH3 is 2. The van der Waals surface area contributed by atoms with E-state index >= 15 is 0 Å². The first-order valence-corrected chi connectivity index (χ1v) is 8.68. The number of carbonyl (C=O) groups is 2. The van der Waals surface area contributed by atoms with Crippen molar-refractivity contribution in [1.29, 1.82) is 0 Å². The van der Waals surface area contributed by atoms with Crippen LogP contribution in [0.1, 0.15) is 45.1 Å². The molecule has 0 radical (unpaired) electrons. The average Bonchev–Trinajstić information content (AvgIpc) is 2.67. The summed E-state index contributed by atoms with van der Waals surface area (Å²) >= 11 is 0. The topological polar surface area (TPSA) is 107 Å². The summed E-state index contributed by atoms with van der Waals surface area (Å²) in [5, 5.41) is 11.9. The van der Waals surface area contributed by atoms with Gasteiger partial charge < -0.3 is 24.6 Å². The Bertz CT molecular complexity index is 853. The first kappa shape index (κ1) is 21.2.